The van der Waals surface area contributed by atoms with Gasteiger partial charge in [-0.3, -0.25) is 4.79 Å². The lowest BCUT2D eigenvalue weighted by atomic mass is 10.1. The standard InChI is InChI=1S/C15H22N2O3/c1-11(17-15(18)4-3-7-16-2)12-5-6-13-14(10-12)20-9-8-19-13/h5-6,10-11,16H,3-4,7-9H2,1-2H3,(H,17,18). The molecule has 110 valence electrons. The molecule has 1 aliphatic heterocycles. The largest absolute Gasteiger partial charge is 0.486 e. The van der Waals surface area contributed by atoms with Gasteiger partial charge < -0.3 is 20.1 Å². The fraction of sp³-hybridized carbons (Fsp3) is 0.533. The third-order valence-corrected chi connectivity index (χ3v) is 3.27. The highest BCUT2D eigenvalue weighted by molar-refractivity contribution is 5.76. The molecule has 1 aromatic carbocycles. The lowest BCUT2D eigenvalue weighted by Gasteiger charge is -2.21. The molecule has 1 unspecified atom stereocenters. The topological polar surface area (TPSA) is 59.6 Å². The average Bonchev–Trinajstić information content (AvgIpc) is 2.47. The molecule has 1 heterocycles. The van der Waals surface area contributed by atoms with Gasteiger partial charge in [0.1, 0.15) is 13.2 Å². The van der Waals surface area contributed by atoms with Crippen molar-refractivity contribution in [2.75, 3.05) is 26.8 Å². The van der Waals surface area contributed by atoms with Crippen LogP contribution in [0.15, 0.2) is 18.2 Å². The van der Waals surface area contributed by atoms with Crippen LogP contribution in [0, 0.1) is 0 Å². The van der Waals surface area contributed by atoms with Crippen LogP contribution < -0.4 is 20.1 Å². The van der Waals surface area contributed by atoms with Crippen molar-refractivity contribution < 1.29 is 14.3 Å². The van der Waals surface area contributed by atoms with E-state index >= 15 is 0 Å². The van der Waals surface area contributed by atoms with Crippen molar-refractivity contribution in [3.8, 4) is 11.5 Å². The number of fused-ring (bicyclic) bond motifs is 1. The van der Waals surface area contributed by atoms with E-state index < -0.39 is 0 Å². The molecule has 2 N–H and O–H groups in total. The summed E-state index contributed by atoms with van der Waals surface area (Å²) in [5.41, 5.74) is 1.02. The van der Waals surface area contributed by atoms with Gasteiger partial charge in [-0.2, -0.15) is 0 Å². The molecule has 0 spiro atoms. The van der Waals surface area contributed by atoms with E-state index in [4.69, 9.17) is 9.47 Å². The summed E-state index contributed by atoms with van der Waals surface area (Å²) < 4.78 is 11.0. The number of carbonyl (C=O) groups is 1. The van der Waals surface area contributed by atoms with Crippen molar-refractivity contribution in [3.63, 3.8) is 0 Å². The summed E-state index contributed by atoms with van der Waals surface area (Å²) in [6, 6.07) is 5.76. The predicted octanol–water partition coefficient (Wildman–Crippen LogP) is 1.63. The molecule has 20 heavy (non-hydrogen) atoms. The zero-order valence-electron chi connectivity index (χ0n) is 12.1. The van der Waals surface area contributed by atoms with Crippen LogP contribution >= 0.6 is 0 Å². The first-order chi connectivity index (χ1) is 9.70. The number of amides is 1. The molecule has 1 atom stereocenters. The third-order valence-electron chi connectivity index (χ3n) is 3.27. The summed E-state index contributed by atoms with van der Waals surface area (Å²) in [6.07, 6.45) is 1.38. The third kappa shape index (κ3) is 3.87. The van der Waals surface area contributed by atoms with Gasteiger partial charge in [0, 0.05) is 6.42 Å². The minimum atomic E-state index is -0.0343. The quantitative estimate of drug-likeness (QED) is 0.777. The average molecular weight is 278 g/mol. The van der Waals surface area contributed by atoms with Gasteiger partial charge >= 0.3 is 0 Å². The zero-order chi connectivity index (χ0) is 14.4. The van der Waals surface area contributed by atoms with Gasteiger partial charge in [0.05, 0.1) is 6.04 Å². The smallest absolute Gasteiger partial charge is 0.220 e. The Morgan fingerprint density at radius 3 is 2.80 bits per heavy atom. The fourth-order valence-corrected chi connectivity index (χ4v) is 2.15. The van der Waals surface area contributed by atoms with Crippen molar-refractivity contribution >= 4 is 5.91 Å². The van der Waals surface area contributed by atoms with Gasteiger partial charge in [0.15, 0.2) is 11.5 Å². The van der Waals surface area contributed by atoms with Gasteiger partial charge in [-0.15, -0.1) is 0 Å². The molecule has 1 aromatic rings. The number of hydrogen-bond acceptors (Lipinski definition) is 4. The maximum atomic E-state index is 11.8. The maximum absolute atomic E-state index is 11.8. The lowest BCUT2D eigenvalue weighted by Crippen LogP contribution is -2.27. The molecule has 0 saturated heterocycles. The van der Waals surface area contributed by atoms with Crippen LogP contribution in [0.4, 0.5) is 0 Å². The molecule has 0 aromatic heterocycles. The Hall–Kier alpha value is -1.75. The van der Waals surface area contributed by atoms with Gasteiger partial charge in [0.2, 0.25) is 5.91 Å². The highest BCUT2D eigenvalue weighted by Crippen LogP contribution is 2.32. The van der Waals surface area contributed by atoms with Crippen LogP contribution in [0.5, 0.6) is 11.5 Å². The van der Waals surface area contributed by atoms with E-state index in [0.717, 1.165) is 30.0 Å². The summed E-state index contributed by atoms with van der Waals surface area (Å²) in [6.45, 7) is 3.98. The van der Waals surface area contributed by atoms with Crippen LogP contribution in [0.2, 0.25) is 0 Å². The Bertz CT molecular complexity index is 462. The zero-order valence-corrected chi connectivity index (χ0v) is 12.1. The summed E-state index contributed by atoms with van der Waals surface area (Å²) in [4.78, 5) is 11.8. The molecule has 1 aliphatic rings. The number of ether oxygens (including phenoxy) is 2. The summed E-state index contributed by atoms with van der Waals surface area (Å²) in [5, 5.41) is 6.03. The Morgan fingerprint density at radius 2 is 2.05 bits per heavy atom. The number of carbonyl (C=O) groups excluding carboxylic acids is 1. The number of hydrogen-bond donors (Lipinski definition) is 2. The minimum Gasteiger partial charge on any atom is -0.486 e. The molecule has 0 radical (unpaired) electrons. The highest BCUT2D eigenvalue weighted by atomic mass is 16.6. The van der Waals surface area contributed by atoms with Crippen LogP contribution in [0.1, 0.15) is 31.4 Å². The van der Waals surface area contributed by atoms with Crippen LogP contribution in [-0.4, -0.2) is 32.7 Å². The molecule has 5 nitrogen and oxygen atoms in total. The number of benzene rings is 1. The Labute approximate surface area is 119 Å². The van der Waals surface area contributed by atoms with Crippen molar-refractivity contribution in [3.05, 3.63) is 23.8 Å². The molecule has 0 fully saturated rings. The number of rotatable bonds is 6. The molecule has 1 amide bonds. The van der Waals surface area contributed by atoms with Crippen molar-refractivity contribution in [2.24, 2.45) is 0 Å². The van der Waals surface area contributed by atoms with E-state index in [-0.39, 0.29) is 11.9 Å². The van der Waals surface area contributed by atoms with E-state index in [2.05, 4.69) is 10.6 Å². The van der Waals surface area contributed by atoms with E-state index in [1.807, 2.05) is 32.2 Å². The first kappa shape index (κ1) is 14.7. The second-order valence-corrected chi connectivity index (χ2v) is 4.90. The Kier molecular flexibility index (Phi) is 5.24. The van der Waals surface area contributed by atoms with Crippen LogP contribution in [-0.2, 0) is 4.79 Å². The second-order valence-electron chi connectivity index (χ2n) is 4.90. The highest BCUT2D eigenvalue weighted by Gasteiger charge is 2.15. The monoisotopic (exact) mass is 278 g/mol. The van der Waals surface area contributed by atoms with Crippen molar-refractivity contribution in [1.29, 1.82) is 0 Å². The lowest BCUT2D eigenvalue weighted by molar-refractivity contribution is -0.121. The Morgan fingerprint density at radius 1 is 1.30 bits per heavy atom. The minimum absolute atomic E-state index is 0.0343. The summed E-state index contributed by atoms with van der Waals surface area (Å²) in [5.74, 6) is 1.60. The SMILES string of the molecule is CNCCCC(=O)NC(C)c1ccc2c(c1)OCCO2. The molecule has 5 heteroatoms. The van der Waals surface area contributed by atoms with Gasteiger partial charge in [-0.25, -0.2) is 0 Å². The van der Waals surface area contributed by atoms with E-state index in [0.29, 0.717) is 19.6 Å². The molecular formula is C15H22N2O3. The van der Waals surface area contributed by atoms with Crippen molar-refractivity contribution in [1.82, 2.24) is 10.6 Å². The summed E-state index contributed by atoms with van der Waals surface area (Å²) in [7, 11) is 1.88. The molecule has 0 bridgehead atoms. The second kappa shape index (κ2) is 7.14. The van der Waals surface area contributed by atoms with E-state index in [1.165, 1.54) is 0 Å². The molecular weight excluding hydrogens is 256 g/mol. The Balaban J connectivity index is 1.91. The van der Waals surface area contributed by atoms with Gasteiger partial charge in [0.25, 0.3) is 0 Å². The first-order valence-electron chi connectivity index (χ1n) is 7.04. The molecule has 0 saturated carbocycles. The summed E-state index contributed by atoms with van der Waals surface area (Å²) >= 11 is 0. The first-order valence-corrected chi connectivity index (χ1v) is 7.04. The molecule has 2 rings (SSSR count). The van der Waals surface area contributed by atoms with Gasteiger partial charge in [-0.1, -0.05) is 6.07 Å². The maximum Gasteiger partial charge on any atom is 0.220 e. The van der Waals surface area contributed by atoms with Crippen LogP contribution in [0.25, 0.3) is 0 Å². The van der Waals surface area contributed by atoms with Crippen molar-refractivity contribution in [2.45, 2.75) is 25.8 Å². The van der Waals surface area contributed by atoms with Crippen LogP contribution in [0.3, 0.4) is 0 Å². The number of nitrogens with one attached hydrogen (secondary N) is 2. The van der Waals surface area contributed by atoms with E-state index in [1.54, 1.807) is 0 Å². The molecule has 0 aliphatic carbocycles. The normalized spacial score (nSPS) is 14.7. The predicted molar refractivity (Wildman–Crippen MR) is 77.2 cm³/mol. The fourth-order valence-electron chi connectivity index (χ4n) is 2.15. The van der Waals surface area contributed by atoms with Gasteiger partial charge in [-0.05, 0) is 44.6 Å². The van der Waals surface area contributed by atoms with E-state index in [9.17, 15) is 4.79 Å².